The van der Waals surface area contributed by atoms with E-state index < -0.39 is 0 Å². The molecule has 1 saturated carbocycles. The van der Waals surface area contributed by atoms with Crippen LogP contribution in [0.1, 0.15) is 47.0 Å². The van der Waals surface area contributed by atoms with E-state index in [2.05, 4.69) is 32.6 Å². The first-order valence-electron chi connectivity index (χ1n) is 7.29. The van der Waals surface area contributed by atoms with Gasteiger partial charge >= 0.3 is 0 Å². The Morgan fingerprint density at radius 3 is 2.33 bits per heavy atom. The van der Waals surface area contributed by atoms with Crippen molar-refractivity contribution in [2.45, 2.75) is 52.5 Å². The van der Waals surface area contributed by atoms with Crippen LogP contribution in [-0.4, -0.2) is 43.8 Å². The normalized spacial score (nSPS) is 27.3. The lowest BCUT2D eigenvalue weighted by Crippen LogP contribution is -2.54. The minimum atomic E-state index is 0.201. The summed E-state index contributed by atoms with van der Waals surface area (Å²) < 4.78 is 5.27. The predicted octanol–water partition coefficient (Wildman–Crippen LogP) is 2.50. The van der Waals surface area contributed by atoms with E-state index in [0.717, 1.165) is 26.2 Å². The summed E-state index contributed by atoms with van der Waals surface area (Å²) in [5, 5.41) is 0. The fraction of sp³-hybridized carbons (Fsp3) is 1.00. The van der Waals surface area contributed by atoms with Crippen LogP contribution in [0.2, 0.25) is 0 Å². The van der Waals surface area contributed by atoms with Gasteiger partial charge < -0.3 is 10.5 Å². The molecule has 108 valence electrons. The molecule has 18 heavy (non-hydrogen) atoms. The summed E-state index contributed by atoms with van der Waals surface area (Å²) in [5.41, 5.74) is 6.79. The highest BCUT2D eigenvalue weighted by Gasteiger charge is 2.45. The van der Waals surface area contributed by atoms with Crippen molar-refractivity contribution in [2.24, 2.45) is 17.1 Å². The smallest absolute Gasteiger partial charge is 0.0589 e. The third-order valence-electron chi connectivity index (χ3n) is 4.28. The van der Waals surface area contributed by atoms with Gasteiger partial charge in [0.2, 0.25) is 0 Å². The zero-order valence-electron chi connectivity index (χ0n) is 13.0. The van der Waals surface area contributed by atoms with Crippen LogP contribution in [0.25, 0.3) is 0 Å². The van der Waals surface area contributed by atoms with E-state index in [-0.39, 0.29) is 5.54 Å². The van der Waals surface area contributed by atoms with Crippen LogP contribution in [0.3, 0.4) is 0 Å². The predicted molar refractivity (Wildman–Crippen MR) is 77.7 cm³/mol. The third-order valence-corrected chi connectivity index (χ3v) is 4.28. The molecule has 0 aromatic heterocycles. The Kier molecular flexibility index (Phi) is 5.63. The Hall–Kier alpha value is -0.120. The largest absolute Gasteiger partial charge is 0.383 e. The summed E-state index contributed by atoms with van der Waals surface area (Å²) in [6.45, 7) is 13.0. The van der Waals surface area contributed by atoms with E-state index in [9.17, 15) is 0 Å². The van der Waals surface area contributed by atoms with Gasteiger partial charge in [0.1, 0.15) is 0 Å². The van der Waals surface area contributed by atoms with Crippen LogP contribution >= 0.6 is 0 Å². The van der Waals surface area contributed by atoms with E-state index in [4.69, 9.17) is 10.5 Å². The summed E-state index contributed by atoms with van der Waals surface area (Å²) in [7, 11) is 1.78. The molecule has 0 aromatic rings. The van der Waals surface area contributed by atoms with Gasteiger partial charge in [-0.25, -0.2) is 0 Å². The van der Waals surface area contributed by atoms with Crippen molar-refractivity contribution in [2.75, 3.05) is 33.4 Å². The molecular weight excluding hydrogens is 224 g/mol. The molecule has 3 heteroatoms. The minimum Gasteiger partial charge on any atom is -0.383 e. The number of rotatable bonds is 7. The highest BCUT2D eigenvalue weighted by Crippen LogP contribution is 2.46. The molecule has 1 rings (SSSR count). The molecule has 2 N–H and O–H groups in total. The van der Waals surface area contributed by atoms with Gasteiger partial charge in [-0.15, -0.1) is 0 Å². The number of ether oxygens (including phenoxy) is 1. The molecule has 1 atom stereocenters. The molecule has 0 aromatic carbocycles. The first-order valence-corrected chi connectivity index (χ1v) is 7.29. The second-order valence-electron chi connectivity index (χ2n) is 7.10. The molecule has 1 aliphatic carbocycles. The standard InChI is InChI=1S/C15H32N2O/c1-13(2)10-17(8-9-18-5)15(12-16)7-6-14(3,4)11-15/h13H,6-12,16H2,1-5H3. The van der Waals surface area contributed by atoms with E-state index in [1.54, 1.807) is 7.11 Å². The van der Waals surface area contributed by atoms with Crippen molar-refractivity contribution in [3.63, 3.8) is 0 Å². The Morgan fingerprint density at radius 2 is 1.94 bits per heavy atom. The topological polar surface area (TPSA) is 38.5 Å². The number of nitrogens with zero attached hydrogens (tertiary/aromatic N) is 1. The van der Waals surface area contributed by atoms with Gasteiger partial charge in [-0.1, -0.05) is 27.7 Å². The van der Waals surface area contributed by atoms with Gasteiger partial charge in [0.15, 0.2) is 0 Å². The fourth-order valence-electron chi connectivity index (χ4n) is 3.38. The van der Waals surface area contributed by atoms with Gasteiger partial charge in [-0.2, -0.15) is 0 Å². The molecule has 0 amide bonds. The van der Waals surface area contributed by atoms with Gasteiger partial charge in [-0.05, 0) is 30.6 Å². The zero-order chi connectivity index (χ0) is 13.8. The number of hydrogen-bond acceptors (Lipinski definition) is 3. The summed E-state index contributed by atoms with van der Waals surface area (Å²) in [6, 6.07) is 0. The first kappa shape index (κ1) is 15.9. The molecule has 3 nitrogen and oxygen atoms in total. The Balaban J connectivity index is 2.79. The van der Waals surface area contributed by atoms with Gasteiger partial charge in [0.05, 0.1) is 6.61 Å². The molecule has 0 heterocycles. The average molecular weight is 256 g/mol. The molecule has 0 bridgehead atoms. The lowest BCUT2D eigenvalue weighted by atomic mass is 9.86. The molecule has 1 fully saturated rings. The number of nitrogens with two attached hydrogens (primary N) is 1. The molecule has 0 aliphatic heterocycles. The average Bonchev–Trinajstić information content (AvgIpc) is 2.61. The van der Waals surface area contributed by atoms with E-state index in [0.29, 0.717) is 11.3 Å². The van der Waals surface area contributed by atoms with Crippen LogP contribution in [0.4, 0.5) is 0 Å². The van der Waals surface area contributed by atoms with Crippen LogP contribution in [0, 0.1) is 11.3 Å². The minimum absolute atomic E-state index is 0.201. The summed E-state index contributed by atoms with van der Waals surface area (Å²) in [4.78, 5) is 2.59. The first-order chi connectivity index (χ1) is 8.35. The Labute approximate surface area is 113 Å². The SMILES string of the molecule is COCCN(CC(C)C)C1(CN)CCC(C)(C)C1. The molecule has 0 spiro atoms. The van der Waals surface area contributed by atoms with Crippen LogP contribution in [-0.2, 0) is 4.74 Å². The molecule has 1 aliphatic rings. The Bertz CT molecular complexity index is 253. The van der Waals surface area contributed by atoms with Crippen molar-refractivity contribution in [1.29, 1.82) is 0 Å². The third kappa shape index (κ3) is 3.94. The van der Waals surface area contributed by atoms with E-state index in [1.165, 1.54) is 19.3 Å². The molecular formula is C15H32N2O. The van der Waals surface area contributed by atoms with Crippen molar-refractivity contribution in [3.8, 4) is 0 Å². The number of hydrogen-bond donors (Lipinski definition) is 1. The van der Waals surface area contributed by atoms with Crippen molar-refractivity contribution in [3.05, 3.63) is 0 Å². The second kappa shape index (κ2) is 6.36. The van der Waals surface area contributed by atoms with E-state index >= 15 is 0 Å². The van der Waals surface area contributed by atoms with E-state index in [1.807, 2.05) is 0 Å². The van der Waals surface area contributed by atoms with Gasteiger partial charge in [-0.3, -0.25) is 4.90 Å². The maximum absolute atomic E-state index is 6.16. The van der Waals surface area contributed by atoms with Crippen molar-refractivity contribution in [1.82, 2.24) is 4.90 Å². The highest BCUT2D eigenvalue weighted by atomic mass is 16.5. The Morgan fingerprint density at radius 1 is 1.28 bits per heavy atom. The van der Waals surface area contributed by atoms with Gasteiger partial charge in [0.25, 0.3) is 0 Å². The van der Waals surface area contributed by atoms with Crippen molar-refractivity contribution < 1.29 is 4.74 Å². The number of methoxy groups -OCH3 is 1. The summed E-state index contributed by atoms with van der Waals surface area (Å²) in [6.07, 6.45) is 3.73. The highest BCUT2D eigenvalue weighted by molar-refractivity contribution is 5.02. The second-order valence-corrected chi connectivity index (χ2v) is 7.10. The molecule has 1 unspecified atom stereocenters. The molecule has 0 saturated heterocycles. The van der Waals surface area contributed by atoms with Crippen LogP contribution in [0.5, 0.6) is 0 Å². The van der Waals surface area contributed by atoms with Crippen LogP contribution in [0.15, 0.2) is 0 Å². The maximum atomic E-state index is 6.16. The maximum Gasteiger partial charge on any atom is 0.0589 e. The lowest BCUT2D eigenvalue weighted by molar-refractivity contribution is 0.0471. The fourth-order valence-corrected chi connectivity index (χ4v) is 3.38. The summed E-state index contributed by atoms with van der Waals surface area (Å²) in [5.74, 6) is 0.675. The summed E-state index contributed by atoms with van der Waals surface area (Å²) >= 11 is 0. The quantitative estimate of drug-likeness (QED) is 0.760. The lowest BCUT2D eigenvalue weighted by Gasteiger charge is -2.42. The zero-order valence-corrected chi connectivity index (χ0v) is 13.0. The monoisotopic (exact) mass is 256 g/mol. The van der Waals surface area contributed by atoms with Crippen LogP contribution < -0.4 is 5.73 Å². The molecule has 0 radical (unpaired) electrons. The van der Waals surface area contributed by atoms with Crippen molar-refractivity contribution >= 4 is 0 Å². The van der Waals surface area contributed by atoms with Gasteiger partial charge in [0, 0.05) is 32.3 Å².